The number of anilines is 1. The van der Waals surface area contributed by atoms with E-state index in [0.29, 0.717) is 5.92 Å². The molecule has 0 saturated carbocycles. The first-order valence-corrected chi connectivity index (χ1v) is 8.32. The number of hydrogen-bond donors (Lipinski definition) is 1. The second-order valence-electron chi connectivity index (χ2n) is 6.18. The number of para-hydroxylation sites is 1. The van der Waals surface area contributed by atoms with Crippen LogP contribution in [0.15, 0.2) is 54.6 Å². The van der Waals surface area contributed by atoms with E-state index in [4.69, 9.17) is 9.47 Å². The van der Waals surface area contributed by atoms with Crippen molar-refractivity contribution in [3.63, 3.8) is 0 Å². The molecule has 0 heterocycles. The first-order valence-electron chi connectivity index (χ1n) is 8.32. The van der Waals surface area contributed by atoms with E-state index in [1.807, 2.05) is 54.6 Å². The van der Waals surface area contributed by atoms with Crippen LogP contribution in [-0.2, 0) is 0 Å². The van der Waals surface area contributed by atoms with Crippen LogP contribution in [0.2, 0.25) is 0 Å². The Kier molecular flexibility index (Phi) is 6.79. The maximum absolute atomic E-state index is 5.85. The zero-order chi connectivity index (χ0) is 16.5. The summed E-state index contributed by atoms with van der Waals surface area (Å²) in [7, 11) is 0. The minimum Gasteiger partial charge on any atom is -0.494 e. The highest BCUT2D eigenvalue weighted by Gasteiger charge is 2.04. The molecule has 1 atom stereocenters. The van der Waals surface area contributed by atoms with Gasteiger partial charge in [0, 0.05) is 5.69 Å². The van der Waals surface area contributed by atoms with Crippen LogP contribution in [0, 0.1) is 5.92 Å². The van der Waals surface area contributed by atoms with E-state index in [9.17, 15) is 0 Å². The minimum atomic E-state index is 0.0966. The van der Waals surface area contributed by atoms with Crippen LogP contribution in [0.4, 0.5) is 5.69 Å². The first kappa shape index (κ1) is 17.2. The van der Waals surface area contributed by atoms with Crippen LogP contribution in [0.25, 0.3) is 0 Å². The fraction of sp³-hybridized carbons (Fsp3) is 0.400. The number of rotatable bonds is 9. The molecule has 0 aromatic heterocycles. The van der Waals surface area contributed by atoms with E-state index in [0.717, 1.165) is 36.8 Å². The summed E-state index contributed by atoms with van der Waals surface area (Å²) in [6.07, 6.45) is 1.17. The molecule has 2 rings (SSSR count). The monoisotopic (exact) mass is 313 g/mol. The fourth-order valence-electron chi connectivity index (χ4n) is 2.12. The molecule has 3 heteroatoms. The van der Waals surface area contributed by atoms with Crippen LogP contribution in [0.1, 0.15) is 27.2 Å². The predicted octanol–water partition coefficient (Wildman–Crippen LogP) is 4.99. The Morgan fingerprint density at radius 1 is 0.870 bits per heavy atom. The molecule has 0 amide bonds. The lowest BCUT2D eigenvalue weighted by Crippen LogP contribution is -2.22. The number of nitrogens with one attached hydrogen (secondary N) is 1. The summed E-state index contributed by atoms with van der Waals surface area (Å²) in [5.41, 5.74) is 1.07. The topological polar surface area (TPSA) is 30.5 Å². The van der Waals surface area contributed by atoms with E-state index >= 15 is 0 Å². The highest BCUT2D eigenvalue weighted by Crippen LogP contribution is 2.17. The molecule has 0 radical (unpaired) electrons. The van der Waals surface area contributed by atoms with Gasteiger partial charge in [-0.15, -0.1) is 0 Å². The van der Waals surface area contributed by atoms with Gasteiger partial charge >= 0.3 is 0 Å². The molecule has 0 bridgehead atoms. The van der Waals surface area contributed by atoms with Crippen molar-refractivity contribution in [1.82, 2.24) is 0 Å². The maximum Gasteiger partial charge on any atom is 0.119 e. The molecule has 2 aromatic carbocycles. The second kappa shape index (κ2) is 9.09. The molecule has 2 aromatic rings. The number of hydrogen-bond acceptors (Lipinski definition) is 3. The summed E-state index contributed by atoms with van der Waals surface area (Å²) in [5, 5.41) is 3.39. The fourth-order valence-corrected chi connectivity index (χ4v) is 2.12. The van der Waals surface area contributed by atoms with Gasteiger partial charge in [0.15, 0.2) is 0 Å². The summed E-state index contributed by atoms with van der Waals surface area (Å²) in [6.45, 7) is 7.99. The molecular formula is C20H27NO2. The van der Waals surface area contributed by atoms with Crippen molar-refractivity contribution in [2.45, 2.75) is 33.3 Å². The Morgan fingerprint density at radius 3 is 2.22 bits per heavy atom. The molecule has 23 heavy (non-hydrogen) atoms. The van der Waals surface area contributed by atoms with Gasteiger partial charge in [0.05, 0.1) is 13.2 Å². The van der Waals surface area contributed by atoms with E-state index in [1.165, 1.54) is 0 Å². The molecule has 0 saturated heterocycles. The lowest BCUT2D eigenvalue weighted by atomic mass is 10.1. The van der Waals surface area contributed by atoms with Gasteiger partial charge in [0.1, 0.15) is 17.6 Å². The van der Waals surface area contributed by atoms with Crippen molar-refractivity contribution in [3.8, 4) is 11.5 Å². The van der Waals surface area contributed by atoms with Gasteiger partial charge in [0.25, 0.3) is 0 Å². The molecule has 0 aliphatic rings. The van der Waals surface area contributed by atoms with Crippen LogP contribution < -0.4 is 14.8 Å². The third kappa shape index (κ3) is 6.64. The third-order valence-corrected chi connectivity index (χ3v) is 3.49. The Hall–Kier alpha value is -2.16. The average molecular weight is 313 g/mol. The van der Waals surface area contributed by atoms with Gasteiger partial charge in [-0.3, -0.25) is 0 Å². The standard InChI is InChI=1S/C20H27NO2/c1-16(2)13-14-22-19-11-9-18(10-12-19)21-15-17(3)23-20-7-5-4-6-8-20/h4-12,16-17,21H,13-15H2,1-3H3/t17-/m0/s1. The Labute approximate surface area is 139 Å². The largest absolute Gasteiger partial charge is 0.494 e. The van der Waals surface area contributed by atoms with Gasteiger partial charge in [-0.1, -0.05) is 32.0 Å². The smallest absolute Gasteiger partial charge is 0.119 e. The molecule has 0 aliphatic carbocycles. The van der Waals surface area contributed by atoms with Gasteiger partial charge < -0.3 is 14.8 Å². The normalized spacial score (nSPS) is 12.0. The lowest BCUT2D eigenvalue weighted by molar-refractivity contribution is 0.235. The molecule has 0 aliphatic heterocycles. The molecular weight excluding hydrogens is 286 g/mol. The van der Waals surface area contributed by atoms with E-state index in [2.05, 4.69) is 26.1 Å². The van der Waals surface area contributed by atoms with Crippen LogP contribution in [0.3, 0.4) is 0 Å². The summed E-state index contributed by atoms with van der Waals surface area (Å²) in [5.74, 6) is 2.49. The van der Waals surface area contributed by atoms with Crippen LogP contribution in [0.5, 0.6) is 11.5 Å². The summed E-state index contributed by atoms with van der Waals surface area (Å²) in [4.78, 5) is 0. The number of ether oxygens (including phenoxy) is 2. The average Bonchev–Trinajstić information content (AvgIpc) is 2.55. The molecule has 3 nitrogen and oxygen atoms in total. The maximum atomic E-state index is 5.85. The Morgan fingerprint density at radius 2 is 1.57 bits per heavy atom. The van der Waals surface area contributed by atoms with Crippen molar-refractivity contribution in [3.05, 3.63) is 54.6 Å². The van der Waals surface area contributed by atoms with Crippen molar-refractivity contribution in [1.29, 1.82) is 0 Å². The van der Waals surface area contributed by atoms with Crippen LogP contribution >= 0.6 is 0 Å². The van der Waals surface area contributed by atoms with Gasteiger partial charge in [0.2, 0.25) is 0 Å². The van der Waals surface area contributed by atoms with Gasteiger partial charge in [-0.05, 0) is 55.7 Å². The molecule has 124 valence electrons. The predicted molar refractivity (Wildman–Crippen MR) is 96.4 cm³/mol. The SMILES string of the molecule is CC(C)CCOc1ccc(NC[C@H](C)Oc2ccccc2)cc1. The summed E-state index contributed by atoms with van der Waals surface area (Å²) in [6, 6.07) is 18.0. The van der Waals surface area contributed by atoms with Crippen molar-refractivity contribution >= 4 is 5.69 Å². The lowest BCUT2D eigenvalue weighted by Gasteiger charge is -2.16. The van der Waals surface area contributed by atoms with Crippen molar-refractivity contribution in [2.24, 2.45) is 5.92 Å². The van der Waals surface area contributed by atoms with E-state index in [1.54, 1.807) is 0 Å². The Bertz CT molecular complexity index is 552. The zero-order valence-electron chi connectivity index (χ0n) is 14.3. The quantitative estimate of drug-likeness (QED) is 0.707. The van der Waals surface area contributed by atoms with Gasteiger partial charge in [-0.2, -0.15) is 0 Å². The van der Waals surface area contributed by atoms with Crippen molar-refractivity contribution < 1.29 is 9.47 Å². The van der Waals surface area contributed by atoms with Gasteiger partial charge in [-0.25, -0.2) is 0 Å². The summed E-state index contributed by atoms with van der Waals surface area (Å²) < 4.78 is 11.6. The molecule has 1 N–H and O–H groups in total. The molecule has 0 spiro atoms. The van der Waals surface area contributed by atoms with E-state index < -0.39 is 0 Å². The second-order valence-corrected chi connectivity index (χ2v) is 6.18. The third-order valence-electron chi connectivity index (χ3n) is 3.49. The minimum absolute atomic E-state index is 0.0966. The number of benzene rings is 2. The Balaban J connectivity index is 1.73. The van der Waals surface area contributed by atoms with Crippen LogP contribution in [-0.4, -0.2) is 19.3 Å². The van der Waals surface area contributed by atoms with Crippen molar-refractivity contribution in [2.75, 3.05) is 18.5 Å². The highest BCUT2D eigenvalue weighted by molar-refractivity contribution is 5.46. The first-order chi connectivity index (χ1) is 11.1. The zero-order valence-corrected chi connectivity index (χ0v) is 14.3. The molecule has 0 fully saturated rings. The highest BCUT2D eigenvalue weighted by atomic mass is 16.5. The molecule has 0 unspecified atom stereocenters. The van der Waals surface area contributed by atoms with E-state index in [-0.39, 0.29) is 6.10 Å². The summed E-state index contributed by atoms with van der Waals surface area (Å²) >= 11 is 0.